The summed E-state index contributed by atoms with van der Waals surface area (Å²) in [4.78, 5) is 11.6. The van der Waals surface area contributed by atoms with E-state index in [-0.39, 0.29) is 17.5 Å². The van der Waals surface area contributed by atoms with Crippen molar-refractivity contribution in [3.05, 3.63) is 34.9 Å². The van der Waals surface area contributed by atoms with Gasteiger partial charge in [0.1, 0.15) is 6.10 Å². The van der Waals surface area contributed by atoms with Crippen LogP contribution in [-0.2, 0) is 16.0 Å². The van der Waals surface area contributed by atoms with Crippen molar-refractivity contribution in [2.75, 3.05) is 0 Å². The summed E-state index contributed by atoms with van der Waals surface area (Å²) in [5.74, 6) is -0.101. The Kier molecular flexibility index (Phi) is 2.98. The third-order valence-electron chi connectivity index (χ3n) is 3.05. The van der Waals surface area contributed by atoms with E-state index in [1.165, 1.54) is 11.1 Å². The summed E-state index contributed by atoms with van der Waals surface area (Å²) in [6, 6.07) is 6.27. The largest absolute Gasteiger partial charge is 0.457 e. The molecule has 1 atom stereocenters. The molecule has 0 fully saturated rings. The lowest BCUT2D eigenvalue weighted by atomic mass is 9.84. The van der Waals surface area contributed by atoms with Gasteiger partial charge in [-0.2, -0.15) is 0 Å². The summed E-state index contributed by atoms with van der Waals surface area (Å²) in [5, 5.41) is 0. The Morgan fingerprint density at radius 2 is 2.06 bits per heavy atom. The third-order valence-corrected chi connectivity index (χ3v) is 3.05. The van der Waals surface area contributed by atoms with Gasteiger partial charge in [0.2, 0.25) is 0 Å². The molecule has 0 spiro atoms. The van der Waals surface area contributed by atoms with Crippen molar-refractivity contribution in [1.29, 1.82) is 0 Å². The van der Waals surface area contributed by atoms with E-state index in [0.717, 1.165) is 12.0 Å². The number of rotatable bonds is 1. The fraction of sp³-hybridized carbons (Fsp3) is 0.533. The average Bonchev–Trinajstić information content (AvgIpc) is 2.16. The van der Waals surface area contributed by atoms with E-state index >= 15 is 0 Å². The minimum Gasteiger partial charge on any atom is -0.457 e. The molecule has 0 saturated heterocycles. The second kappa shape index (κ2) is 4.17. The van der Waals surface area contributed by atoms with E-state index in [1.54, 1.807) is 0 Å². The fourth-order valence-electron chi connectivity index (χ4n) is 2.30. The highest BCUT2D eigenvalue weighted by atomic mass is 16.5. The lowest BCUT2D eigenvalue weighted by Gasteiger charge is -2.30. The Hall–Kier alpha value is -1.31. The summed E-state index contributed by atoms with van der Waals surface area (Å²) in [7, 11) is 0. The molecule has 0 amide bonds. The first-order chi connectivity index (χ1) is 7.85. The Bertz CT molecular complexity index is 441. The number of ether oxygens (including phenoxy) is 1. The van der Waals surface area contributed by atoms with E-state index in [4.69, 9.17) is 4.74 Å². The number of fused-ring (bicyclic) bond motifs is 1. The number of carbonyl (C=O) groups excluding carboxylic acids is 1. The average molecular weight is 232 g/mol. The van der Waals surface area contributed by atoms with Gasteiger partial charge in [0.25, 0.3) is 0 Å². The van der Waals surface area contributed by atoms with Gasteiger partial charge in [0, 0.05) is 0 Å². The van der Waals surface area contributed by atoms with E-state index in [2.05, 4.69) is 45.9 Å². The molecule has 0 radical (unpaired) electrons. The topological polar surface area (TPSA) is 26.3 Å². The van der Waals surface area contributed by atoms with Crippen molar-refractivity contribution in [3.63, 3.8) is 0 Å². The second-order valence-corrected chi connectivity index (χ2v) is 6.12. The molecule has 1 aromatic carbocycles. The summed E-state index contributed by atoms with van der Waals surface area (Å²) >= 11 is 0. The van der Waals surface area contributed by atoms with Gasteiger partial charge in [-0.3, -0.25) is 4.79 Å². The number of hydrogen-bond donors (Lipinski definition) is 0. The molecule has 1 unspecified atom stereocenters. The van der Waals surface area contributed by atoms with Crippen LogP contribution in [0.25, 0.3) is 0 Å². The van der Waals surface area contributed by atoms with Crippen LogP contribution < -0.4 is 0 Å². The molecule has 2 rings (SSSR count). The van der Waals surface area contributed by atoms with E-state index in [1.807, 2.05) is 0 Å². The van der Waals surface area contributed by atoms with Crippen LogP contribution in [0.5, 0.6) is 0 Å². The highest BCUT2D eigenvalue weighted by Crippen LogP contribution is 2.37. The van der Waals surface area contributed by atoms with Crippen molar-refractivity contribution in [2.24, 2.45) is 5.41 Å². The number of hydrogen-bond acceptors (Lipinski definition) is 2. The zero-order chi connectivity index (χ0) is 12.6. The van der Waals surface area contributed by atoms with Crippen molar-refractivity contribution in [2.45, 2.75) is 46.6 Å². The maximum atomic E-state index is 11.6. The van der Waals surface area contributed by atoms with Gasteiger partial charge < -0.3 is 4.74 Å². The van der Waals surface area contributed by atoms with Gasteiger partial charge in [-0.1, -0.05) is 44.5 Å². The van der Waals surface area contributed by atoms with Gasteiger partial charge in [0.05, 0.1) is 6.42 Å². The van der Waals surface area contributed by atoms with Gasteiger partial charge in [0.15, 0.2) is 0 Å². The minimum atomic E-state index is -0.101. The van der Waals surface area contributed by atoms with Crippen molar-refractivity contribution in [3.8, 4) is 0 Å². The lowest BCUT2D eigenvalue weighted by molar-refractivity contribution is -0.151. The van der Waals surface area contributed by atoms with Crippen LogP contribution in [0.15, 0.2) is 18.2 Å². The van der Waals surface area contributed by atoms with Gasteiger partial charge in [-0.15, -0.1) is 0 Å². The molecule has 2 heteroatoms. The Balaban J connectivity index is 2.36. The quantitative estimate of drug-likeness (QED) is 0.692. The third kappa shape index (κ3) is 2.87. The maximum absolute atomic E-state index is 11.6. The van der Waals surface area contributed by atoms with Crippen molar-refractivity contribution < 1.29 is 9.53 Å². The molecule has 0 aromatic heterocycles. The molecule has 1 aliphatic rings. The molecule has 1 heterocycles. The molecule has 0 saturated carbocycles. The van der Waals surface area contributed by atoms with E-state index in [0.29, 0.717) is 6.42 Å². The standard InChI is InChI=1S/C15H20O2/c1-10-5-6-11-8-14(16)17-13(12(11)7-10)9-15(2,3)4/h5-7,13H,8-9H2,1-4H3. The summed E-state index contributed by atoms with van der Waals surface area (Å²) < 4.78 is 5.50. The maximum Gasteiger partial charge on any atom is 0.310 e. The fourth-order valence-corrected chi connectivity index (χ4v) is 2.30. The molecule has 0 bridgehead atoms. The number of carbonyl (C=O) groups is 1. The molecule has 17 heavy (non-hydrogen) atoms. The normalized spacial score (nSPS) is 19.8. The highest BCUT2D eigenvalue weighted by molar-refractivity contribution is 5.75. The summed E-state index contributed by atoms with van der Waals surface area (Å²) in [6.07, 6.45) is 1.21. The van der Waals surface area contributed by atoms with Crippen LogP contribution in [0.4, 0.5) is 0 Å². The predicted octanol–water partition coefficient (Wildman–Crippen LogP) is 3.57. The lowest BCUT2D eigenvalue weighted by Crippen LogP contribution is -2.25. The zero-order valence-corrected chi connectivity index (χ0v) is 11.0. The minimum absolute atomic E-state index is 0.0776. The summed E-state index contributed by atoms with van der Waals surface area (Å²) in [6.45, 7) is 8.59. The molecule has 1 aliphatic heterocycles. The first-order valence-corrected chi connectivity index (χ1v) is 6.14. The van der Waals surface area contributed by atoms with Crippen LogP contribution in [0.3, 0.4) is 0 Å². The van der Waals surface area contributed by atoms with Crippen LogP contribution in [-0.4, -0.2) is 5.97 Å². The predicted molar refractivity (Wildman–Crippen MR) is 67.8 cm³/mol. The molecule has 0 aliphatic carbocycles. The molecule has 92 valence electrons. The Labute approximate surface area is 103 Å². The first kappa shape index (κ1) is 12.2. The smallest absolute Gasteiger partial charge is 0.310 e. The SMILES string of the molecule is Cc1ccc2c(c1)C(CC(C)(C)C)OC(=O)C2. The summed E-state index contributed by atoms with van der Waals surface area (Å²) in [5.41, 5.74) is 3.70. The van der Waals surface area contributed by atoms with Crippen molar-refractivity contribution in [1.82, 2.24) is 0 Å². The first-order valence-electron chi connectivity index (χ1n) is 6.14. The van der Waals surface area contributed by atoms with Crippen LogP contribution in [0.1, 0.15) is 50.0 Å². The van der Waals surface area contributed by atoms with Crippen LogP contribution in [0.2, 0.25) is 0 Å². The van der Waals surface area contributed by atoms with Crippen LogP contribution in [0, 0.1) is 12.3 Å². The monoisotopic (exact) mass is 232 g/mol. The molecule has 2 nitrogen and oxygen atoms in total. The van der Waals surface area contributed by atoms with E-state index in [9.17, 15) is 4.79 Å². The Morgan fingerprint density at radius 1 is 1.35 bits per heavy atom. The number of benzene rings is 1. The number of aryl methyl sites for hydroxylation is 1. The second-order valence-electron chi connectivity index (χ2n) is 6.12. The molecular weight excluding hydrogens is 212 g/mol. The molecule has 1 aromatic rings. The van der Waals surface area contributed by atoms with Crippen LogP contribution >= 0.6 is 0 Å². The zero-order valence-electron chi connectivity index (χ0n) is 11.0. The van der Waals surface area contributed by atoms with Gasteiger partial charge >= 0.3 is 5.97 Å². The number of esters is 1. The van der Waals surface area contributed by atoms with Crippen molar-refractivity contribution >= 4 is 5.97 Å². The van der Waals surface area contributed by atoms with Gasteiger partial charge in [-0.05, 0) is 29.9 Å². The molecular formula is C15H20O2. The van der Waals surface area contributed by atoms with E-state index < -0.39 is 0 Å². The number of cyclic esters (lactones) is 1. The molecule has 0 N–H and O–H groups in total. The Morgan fingerprint density at radius 3 is 2.71 bits per heavy atom. The highest BCUT2D eigenvalue weighted by Gasteiger charge is 2.29. The van der Waals surface area contributed by atoms with Gasteiger partial charge in [-0.25, -0.2) is 0 Å².